The summed E-state index contributed by atoms with van der Waals surface area (Å²) in [6, 6.07) is 8.48. The molecule has 3 heterocycles. The van der Waals surface area contributed by atoms with Crippen LogP contribution in [0, 0.1) is 13.8 Å². The van der Waals surface area contributed by atoms with E-state index in [4.69, 9.17) is 0 Å². The molecule has 2 aromatic rings. The van der Waals surface area contributed by atoms with E-state index in [2.05, 4.69) is 21.8 Å². The van der Waals surface area contributed by atoms with Gasteiger partial charge in [0.1, 0.15) is 0 Å². The molecule has 0 unspecified atom stereocenters. The maximum absolute atomic E-state index is 12.9. The van der Waals surface area contributed by atoms with Crippen molar-refractivity contribution in [3.8, 4) is 0 Å². The standard InChI is InChI=1S/C19H26N4O.2ClH/c1-14-12-18(19(24)22-10-7-16(20-3)8-11-22)15(2)23(14)13-17-6-4-5-9-21-17;;/h4-6,9,12,16,20H,7-8,10-11,13H2,1-3H3;2*1H. The SMILES string of the molecule is CNC1CCN(C(=O)c2cc(C)n(Cc3ccccn3)c2C)CC1.Cl.Cl. The number of carbonyl (C=O) groups excluding carboxylic acids is 1. The second-order valence-electron chi connectivity index (χ2n) is 6.55. The Balaban J connectivity index is 0.00000169. The minimum Gasteiger partial charge on any atom is -0.342 e. The summed E-state index contributed by atoms with van der Waals surface area (Å²) in [5, 5.41) is 3.31. The van der Waals surface area contributed by atoms with Crippen molar-refractivity contribution in [2.45, 2.75) is 39.3 Å². The van der Waals surface area contributed by atoms with E-state index in [-0.39, 0.29) is 30.7 Å². The summed E-state index contributed by atoms with van der Waals surface area (Å²) in [6.45, 7) is 6.44. The summed E-state index contributed by atoms with van der Waals surface area (Å²) >= 11 is 0. The van der Waals surface area contributed by atoms with Gasteiger partial charge >= 0.3 is 0 Å². The topological polar surface area (TPSA) is 50.2 Å². The van der Waals surface area contributed by atoms with E-state index in [0.29, 0.717) is 12.6 Å². The van der Waals surface area contributed by atoms with Gasteiger partial charge in [-0.3, -0.25) is 9.78 Å². The fraction of sp³-hybridized carbons (Fsp3) is 0.474. The Kier molecular flexibility index (Phi) is 8.60. The lowest BCUT2D eigenvalue weighted by molar-refractivity contribution is 0.0706. The molecule has 0 bridgehead atoms. The molecule has 0 spiro atoms. The van der Waals surface area contributed by atoms with Crippen LogP contribution in [0.3, 0.4) is 0 Å². The van der Waals surface area contributed by atoms with Gasteiger partial charge in [-0.2, -0.15) is 0 Å². The zero-order chi connectivity index (χ0) is 17.1. The summed E-state index contributed by atoms with van der Waals surface area (Å²) in [5.41, 5.74) is 3.96. The Bertz CT molecular complexity index is 710. The van der Waals surface area contributed by atoms with Crippen molar-refractivity contribution in [2.24, 2.45) is 0 Å². The largest absolute Gasteiger partial charge is 0.342 e. The van der Waals surface area contributed by atoms with E-state index in [1.54, 1.807) is 0 Å². The number of nitrogens with zero attached hydrogens (tertiary/aromatic N) is 3. The second-order valence-corrected chi connectivity index (χ2v) is 6.55. The predicted octanol–water partition coefficient (Wildman–Crippen LogP) is 3.22. The molecule has 0 atom stereocenters. The Morgan fingerprint density at radius 2 is 1.92 bits per heavy atom. The lowest BCUT2D eigenvalue weighted by Gasteiger charge is -2.31. The number of amides is 1. The minimum atomic E-state index is 0. The molecule has 1 fully saturated rings. The first kappa shape index (κ1) is 22.5. The number of rotatable bonds is 4. The van der Waals surface area contributed by atoms with Gasteiger partial charge in [-0.25, -0.2) is 0 Å². The number of nitrogens with one attached hydrogen (secondary N) is 1. The van der Waals surface area contributed by atoms with Crippen molar-refractivity contribution in [3.05, 3.63) is 53.1 Å². The quantitative estimate of drug-likeness (QED) is 0.859. The number of aromatic nitrogens is 2. The lowest BCUT2D eigenvalue weighted by Crippen LogP contribution is -2.44. The third-order valence-corrected chi connectivity index (χ3v) is 5.04. The Morgan fingerprint density at radius 3 is 2.50 bits per heavy atom. The number of carbonyl (C=O) groups is 1. The van der Waals surface area contributed by atoms with E-state index in [9.17, 15) is 4.79 Å². The maximum atomic E-state index is 12.9. The zero-order valence-electron chi connectivity index (χ0n) is 15.6. The van der Waals surface area contributed by atoms with Crippen LogP contribution >= 0.6 is 24.8 Å². The van der Waals surface area contributed by atoms with E-state index >= 15 is 0 Å². The van der Waals surface area contributed by atoms with Crippen LogP contribution in [-0.4, -0.2) is 46.5 Å². The van der Waals surface area contributed by atoms with E-state index in [1.165, 1.54) is 0 Å². The maximum Gasteiger partial charge on any atom is 0.255 e. The number of aryl methyl sites for hydroxylation is 1. The molecule has 1 aliphatic heterocycles. The summed E-state index contributed by atoms with van der Waals surface area (Å²) in [5.74, 6) is 0.157. The number of pyridine rings is 1. The molecule has 0 aromatic carbocycles. The van der Waals surface area contributed by atoms with Crippen molar-refractivity contribution in [1.29, 1.82) is 0 Å². The third-order valence-electron chi connectivity index (χ3n) is 5.04. The molecule has 2 aromatic heterocycles. The number of hydrogen-bond donors (Lipinski definition) is 1. The number of likely N-dealkylation sites (tertiary alicyclic amines) is 1. The molecule has 0 saturated carbocycles. The molecular weight excluding hydrogens is 371 g/mol. The third kappa shape index (κ3) is 4.78. The molecule has 1 saturated heterocycles. The smallest absolute Gasteiger partial charge is 0.255 e. The molecule has 5 nitrogen and oxygen atoms in total. The van der Waals surface area contributed by atoms with Gasteiger partial charge in [0.15, 0.2) is 0 Å². The molecule has 26 heavy (non-hydrogen) atoms. The summed E-state index contributed by atoms with van der Waals surface area (Å²) in [6.07, 6.45) is 3.85. The number of halogens is 2. The first-order valence-corrected chi connectivity index (χ1v) is 8.63. The van der Waals surface area contributed by atoms with Gasteiger partial charge in [-0.1, -0.05) is 6.07 Å². The molecule has 144 valence electrons. The first-order chi connectivity index (χ1) is 11.6. The molecule has 0 radical (unpaired) electrons. The molecular formula is C19H28Cl2N4O. The lowest BCUT2D eigenvalue weighted by atomic mass is 10.0. The Morgan fingerprint density at radius 1 is 1.23 bits per heavy atom. The van der Waals surface area contributed by atoms with Crippen LogP contribution in [0.15, 0.2) is 30.5 Å². The predicted molar refractivity (Wildman–Crippen MR) is 110 cm³/mol. The highest BCUT2D eigenvalue weighted by molar-refractivity contribution is 5.95. The van der Waals surface area contributed by atoms with Crippen LogP contribution in [0.1, 0.15) is 40.3 Å². The van der Waals surface area contributed by atoms with Gasteiger partial charge in [-0.15, -0.1) is 24.8 Å². The van der Waals surface area contributed by atoms with Crippen LogP contribution in [0.2, 0.25) is 0 Å². The average Bonchev–Trinajstić information content (AvgIpc) is 2.90. The normalized spacial score (nSPS) is 14.5. The van der Waals surface area contributed by atoms with Gasteiger partial charge in [0.2, 0.25) is 0 Å². The Hall–Kier alpha value is -1.56. The van der Waals surface area contributed by atoms with Crippen molar-refractivity contribution in [1.82, 2.24) is 19.8 Å². The summed E-state index contributed by atoms with van der Waals surface area (Å²) in [7, 11) is 1.99. The highest BCUT2D eigenvalue weighted by Gasteiger charge is 2.25. The van der Waals surface area contributed by atoms with Crippen molar-refractivity contribution < 1.29 is 4.79 Å². The van der Waals surface area contributed by atoms with Crippen LogP contribution in [-0.2, 0) is 6.54 Å². The summed E-state index contributed by atoms with van der Waals surface area (Å²) in [4.78, 5) is 19.3. The zero-order valence-corrected chi connectivity index (χ0v) is 17.2. The number of hydrogen-bond acceptors (Lipinski definition) is 3. The van der Waals surface area contributed by atoms with Gasteiger partial charge in [0.05, 0.1) is 17.8 Å². The highest BCUT2D eigenvalue weighted by atomic mass is 35.5. The highest BCUT2D eigenvalue weighted by Crippen LogP contribution is 2.20. The molecule has 7 heteroatoms. The second kappa shape index (κ2) is 9.95. The van der Waals surface area contributed by atoms with Crippen molar-refractivity contribution in [2.75, 3.05) is 20.1 Å². The minimum absolute atomic E-state index is 0. The van der Waals surface area contributed by atoms with E-state index < -0.39 is 0 Å². The van der Waals surface area contributed by atoms with E-state index in [0.717, 1.165) is 48.6 Å². The Labute approximate surface area is 168 Å². The van der Waals surface area contributed by atoms with Crippen LogP contribution in [0.5, 0.6) is 0 Å². The molecule has 0 aliphatic carbocycles. The van der Waals surface area contributed by atoms with Gasteiger partial charge in [0, 0.05) is 36.7 Å². The first-order valence-electron chi connectivity index (χ1n) is 8.63. The van der Waals surface area contributed by atoms with E-state index in [1.807, 2.05) is 49.3 Å². The molecule has 1 N–H and O–H groups in total. The fourth-order valence-corrected chi connectivity index (χ4v) is 3.46. The van der Waals surface area contributed by atoms with Crippen LogP contribution < -0.4 is 5.32 Å². The van der Waals surface area contributed by atoms with Crippen LogP contribution in [0.4, 0.5) is 0 Å². The van der Waals surface area contributed by atoms with Gasteiger partial charge in [-0.05, 0) is 51.9 Å². The average molecular weight is 399 g/mol. The molecule has 1 aliphatic rings. The molecule has 3 rings (SSSR count). The van der Waals surface area contributed by atoms with Crippen molar-refractivity contribution in [3.63, 3.8) is 0 Å². The van der Waals surface area contributed by atoms with Gasteiger partial charge in [0.25, 0.3) is 5.91 Å². The van der Waals surface area contributed by atoms with Crippen molar-refractivity contribution >= 4 is 30.7 Å². The van der Waals surface area contributed by atoms with Gasteiger partial charge < -0.3 is 14.8 Å². The molecule has 1 amide bonds. The van der Waals surface area contributed by atoms with Crippen LogP contribution in [0.25, 0.3) is 0 Å². The monoisotopic (exact) mass is 398 g/mol. The fourth-order valence-electron chi connectivity index (χ4n) is 3.46. The number of piperidine rings is 1. The summed E-state index contributed by atoms with van der Waals surface area (Å²) < 4.78 is 2.18.